The van der Waals surface area contributed by atoms with Crippen LogP contribution in [0.4, 0.5) is 58.3 Å². The Hall–Kier alpha value is -11.9. The van der Waals surface area contributed by atoms with Gasteiger partial charge in [-0.05, 0) is 189 Å². The summed E-state index contributed by atoms with van der Waals surface area (Å²) in [5, 5.41) is 25.3. The molecule has 0 bridgehead atoms. The van der Waals surface area contributed by atoms with Crippen LogP contribution >= 0.6 is 0 Å². The van der Waals surface area contributed by atoms with Gasteiger partial charge in [0.15, 0.2) is 29.5 Å². The summed E-state index contributed by atoms with van der Waals surface area (Å²) in [6.07, 6.45) is -11.6. The first-order valence-corrected chi connectivity index (χ1v) is 44.0. The molecule has 0 aliphatic carbocycles. The highest BCUT2D eigenvalue weighted by Gasteiger charge is 2.52. The van der Waals surface area contributed by atoms with Crippen molar-refractivity contribution in [3.8, 4) is 62.9 Å². The van der Waals surface area contributed by atoms with Gasteiger partial charge in [-0.2, -0.15) is 54.5 Å². The number of nitrogens with one attached hydrogen (secondary N) is 2. The first-order valence-electron chi connectivity index (χ1n) is 39.0. The predicted octanol–water partition coefficient (Wildman–Crippen LogP) is 15.4. The largest absolute Gasteiger partial charge is 0.507 e. The molecular weight excluding hydrogens is 1740 g/mol. The van der Waals surface area contributed by atoms with Crippen LogP contribution in [0.15, 0.2) is 156 Å². The maximum absolute atomic E-state index is 14.2. The molecule has 0 radical (unpaired) electrons. The molecule has 4 aliphatic rings. The number of phenolic OH excluding ortho intramolecular Hbond substituents is 1. The molecule has 0 spiro atoms. The molecule has 6 aromatic carbocycles. The number of rotatable bonds is 26. The first-order chi connectivity index (χ1) is 58.6. The van der Waals surface area contributed by atoms with Crippen LogP contribution in [-0.4, -0.2) is 181 Å². The van der Waals surface area contributed by atoms with E-state index >= 15 is 0 Å². The number of amides is 9. The Bertz CT molecular complexity index is 5910. The third-order valence-electron chi connectivity index (χ3n) is 19.4. The minimum Gasteiger partial charge on any atom is -0.507 e. The lowest BCUT2D eigenvalue weighted by Gasteiger charge is -2.28. The van der Waals surface area contributed by atoms with Crippen LogP contribution in [-0.2, 0) is 82.1 Å². The van der Waals surface area contributed by atoms with Crippen molar-refractivity contribution in [3.05, 3.63) is 168 Å². The number of imide groups is 3. The molecule has 3 N–H and O–H groups in total. The number of nitrogens with zero attached hydrogens (tertiary/aromatic N) is 11. The summed E-state index contributed by atoms with van der Waals surface area (Å²) in [5.41, 5.74) is -7.40. The zero-order chi connectivity index (χ0) is 92.9. The molecule has 4 saturated heterocycles. The van der Waals surface area contributed by atoms with Crippen LogP contribution < -0.4 is 20.1 Å². The molecule has 31 nitrogen and oxygen atoms in total. The van der Waals surface area contributed by atoms with Crippen molar-refractivity contribution in [1.29, 1.82) is 0 Å². The number of aromatic nitrogens is 6. The van der Waals surface area contributed by atoms with Gasteiger partial charge in [-0.3, -0.25) is 29.1 Å². The number of aromatic hydroxyl groups is 1. The van der Waals surface area contributed by atoms with Gasteiger partial charge in [0.1, 0.15) is 85.5 Å². The normalized spacial score (nSPS) is 16.1. The van der Waals surface area contributed by atoms with Crippen molar-refractivity contribution in [2.24, 2.45) is 17.8 Å². The van der Waals surface area contributed by atoms with Crippen LogP contribution in [0.1, 0.15) is 137 Å². The number of phenols is 1. The fourth-order valence-corrected chi connectivity index (χ4v) is 18.7. The number of ether oxygens (including phenoxy) is 2. The fraction of sp³-hybridized carbons (Fsp3) is 0.415. The van der Waals surface area contributed by atoms with E-state index < -0.39 is 134 Å². The van der Waals surface area contributed by atoms with Crippen LogP contribution in [0.25, 0.3) is 34.2 Å². The molecule has 0 atom stereocenters. The van der Waals surface area contributed by atoms with Crippen molar-refractivity contribution in [1.82, 2.24) is 65.6 Å². The molecule has 9 aromatic rings. The smallest absolute Gasteiger partial charge is 0.420 e. The lowest BCUT2D eigenvalue weighted by atomic mass is 10.0. The lowest BCUT2D eigenvalue weighted by Crippen LogP contribution is -2.45. The van der Waals surface area contributed by atoms with Gasteiger partial charge < -0.3 is 48.6 Å². The van der Waals surface area contributed by atoms with E-state index in [0.29, 0.717) is 25.1 Å². The highest BCUT2D eigenvalue weighted by Crippen LogP contribution is 2.45. The quantitative estimate of drug-likeness (QED) is 0.0335. The van der Waals surface area contributed by atoms with Gasteiger partial charge >= 0.3 is 36.6 Å². The van der Waals surface area contributed by atoms with Crippen LogP contribution in [0.3, 0.4) is 0 Å². The number of sulfone groups is 3. The number of halogens is 10. The number of urea groups is 3. The molecule has 9 amide bonds. The highest BCUT2D eigenvalue weighted by atomic mass is 32.2. The van der Waals surface area contributed by atoms with Crippen LogP contribution in [0.2, 0.25) is 0 Å². The molecule has 4 aliphatic heterocycles. The molecule has 7 heterocycles. The number of para-hydroxylation sites is 3. The Morgan fingerprint density at radius 2 is 0.802 bits per heavy atom. The minimum absolute atomic E-state index is 0.0219. The summed E-state index contributed by atoms with van der Waals surface area (Å²) in [6.45, 7) is 22.2. The zero-order valence-corrected chi connectivity index (χ0v) is 72.3. The Morgan fingerprint density at radius 1 is 0.452 bits per heavy atom. The molecule has 13 rings (SSSR count). The third-order valence-corrected chi connectivity index (χ3v) is 25.8. The predicted molar refractivity (Wildman–Crippen MR) is 429 cm³/mol. The summed E-state index contributed by atoms with van der Waals surface area (Å²) in [6, 6.07) is 23.6. The number of alkyl halides is 9. The van der Waals surface area contributed by atoms with E-state index in [1.54, 1.807) is 53.7 Å². The standard InChI is InChI=1S/C32H38F3N5O6S.C25H25F3N4O6S.C15H12F4N4O3.C10H14O3S/c1-21(2)20-47(43,44)26-11-6-5-10-25(26)45-24-13-12-22(18-23(24)32(33,34)35)28-36-27(46-37-28)19-39-29(41)31(3,4)40(30(39)42)17-9-16-38-14-7-8-15-38;1-14(2)13-39(35,36)19-8-6-5-7-18(19)37-17-10-9-15(11-16(17)25(26,27)28)21-29-20(38-31-21)12-32-22(33)24(3,4)30-23(32)34;1-14(2)12(24)23(13(25)21-14)6-10-20-11(22-26-10)7-3-4-9(16)8(5-7)15(17,18)19;1-8(2)7-14(12,13)10-6-4-3-5-9(10)11/h5-6,10-13,18,21H,7-9,14-17,19-20H2,1-4H3;5-11,14H,12-13H2,1-4H3,(H,30,34);3-5H,6H2,1-2H3,(H,21,25);3-6,8,11H,7H2,1-2H3. The van der Waals surface area contributed by atoms with Crippen molar-refractivity contribution in [2.45, 2.75) is 172 Å². The maximum atomic E-state index is 14.2. The second-order valence-electron chi connectivity index (χ2n) is 32.4. The summed E-state index contributed by atoms with van der Waals surface area (Å²) in [5.74, 6) is -6.59. The average molecular weight is 1830 g/mol. The van der Waals surface area contributed by atoms with Crippen molar-refractivity contribution < 1.29 is 126 Å². The van der Waals surface area contributed by atoms with E-state index in [-0.39, 0.29) is 138 Å². The molecular formula is C82H89F10N13O18S3. The fourth-order valence-electron chi connectivity index (χ4n) is 13.5. The highest BCUT2D eigenvalue weighted by molar-refractivity contribution is 7.92. The first kappa shape index (κ1) is 96.3. The topological polar surface area (TPSA) is 401 Å². The van der Waals surface area contributed by atoms with Gasteiger partial charge in [-0.25, -0.2) is 44.0 Å². The molecule has 3 aromatic heterocycles. The van der Waals surface area contributed by atoms with Crippen LogP contribution in [0, 0.1) is 23.6 Å². The monoisotopic (exact) mass is 1830 g/mol. The summed E-state index contributed by atoms with van der Waals surface area (Å²) < 4.78 is 238. The summed E-state index contributed by atoms with van der Waals surface area (Å²) in [7, 11) is -11.0. The van der Waals surface area contributed by atoms with E-state index in [4.69, 9.17) is 23.0 Å². The van der Waals surface area contributed by atoms with E-state index in [2.05, 4.69) is 46.0 Å². The molecule has 0 saturated carbocycles. The summed E-state index contributed by atoms with van der Waals surface area (Å²) in [4.78, 5) is 93.1. The second kappa shape index (κ2) is 37.7. The number of likely N-dealkylation sites (tertiary alicyclic amines) is 1. The molecule has 126 heavy (non-hydrogen) atoms. The average Bonchev–Trinajstić information content (AvgIpc) is 1.61. The number of hydrogen-bond donors (Lipinski definition) is 3. The number of carbonyl (C=O) groups excluding carboxylic acids is 6. The number of hydrogen-bond acceptors (Lipinski definition) is 25. The molecule has 4 fully saturated rings. The Labute approximate surface area is 716 Å². The Kier molecular flexibility index (Phi) is 28.8. The van der Waals surface area contributed by atoms with Gasteiger partial charge in [-0.1, -0.05) is 93.4 Å². The molecule has 678 valence electrons. The minimum atomic E-state index is -4.89. The zero-order valence-electron chi connectivity index (χ0n) is 69.9. The molecule has 44 heteroatoms. The maximum Gasteiger partial charge on any atom is 0.420 e. The SMILES string of the molecule is CC(C)CS(=O)(=O)c1ccccc1O.CC(C)CS(=O)(=O)c1ccccc1Oc1ccc(-c2noc(CN3C(=O)N(CCCN4CCCC4)C(C)(C)C3=O)n2)cc1C(F)(F)F.CC(C)CS(=O)(=O)c1ccccc1Oc1ccc(-c2noc(CN3C(=O)NC(C)(C)C3=O)n2)cc1C(F)(F)F.CC1(C)NC(=O)N(Cc2nc(-c3ccc(F)c(C(F)(F)F)c3)no2)C1=O. The van der Waals surface area contributed by atoms with Gasteiger partial charge in [-0.15, -0.1) is 0 Å². The lowest BCUT2D eigenvalue weighted by molar-refractivity contribution is -0.140. The van der Waals surface area contributed by atoms with Crippen molar-refractivity contribution in [2.75, 3.05) is 43.4 Å². The van der Waals surface area contributed by atoms with E-state index in [9.17, 15) is 103 Å². The summed E-state index contributed by atoms with van der Waals surface area (Å²) >= 11 is 0. The van der Waals surface area contributed by atoms with Gasteiger partial charge in [0.25, 0.3) is 17.7 Å². The number of carbonyl (C=O) groups is 6. The van der Waals surface area contributed by atoms with Crippen molar-refractivity contribution in [3.63, 3.8) is 0 Å². The second-order valence-corrected chi connectivity index (χ2v) is 38.4. The molecule has 0 unspecified atom stereocenters. The van der Waals surface area contributed by atoms with Crippen molar-refractivity contribution >= 4 is 65.3 Å². The van der Waals surface area contributed by atoms with Gasteiger partial charge in [0, 0.05) is 23.2 Å². The van der Waals surface area contributed by atoms with Gasteiger partial charge in [0.2, 0.25) is 35.1 Å². The Balaban J connectivity index is 0.000000188. The van der Waals surface area contributed by atoms with E-state index in [0.717, 1.165) is 77.5 Å². The van der Waals surface area contributed by atoms with Crippen LogP contribution in [0.5, 0.6) is 28.7 Å². The van der Waals surface area contributed by atoms with Gasteiger partial charge in [0.05, 0.1) is 33.9 Å². The number of benzene rings is 6. The van der Waals surface area contributed by atoms with E-state index in [1.165, 1.54) is 105 Å². The third kappa shape index (κ3) is 23.0. The van der Waals surface area contributed by atoms with E-state index in [1.807, 2.05) is 13.8 Å². The Morgan fingerprint density at radius 3 is 1.17 bits per heavy atom.